The molecule has 5 heterocycles. The molecule has 9 aromatic carbocycles. The van der Waals surface area contributed by atoms with Gasteiger partial charge in [-0.15, -0.1) is 0 Å². The van der Waals surface area contributed by atoms with Gasteiger partial charge in [0.1, 0.15) is 0 Å². The lowest BCUT2D eigenvalue weighted by Crippen LogP contribution is -2.07. The highest BCUT2D eigenvalue weighted by molar-refractivity contribution is 6.12. The molecule has 5 nitrogen and oxygen atoms in total. The maximum atomic E-state index is 6.01. The Bertz CT molecular complexity index is 4610. The summed E-state index contributed by atoms with van der Waals surface area (Å²) < 4.78 is 9.58. The lowest BCUT2D eigenvalue weighted by atomic mass is 9.99. The molecule has 0 aliphatic rings. The van der Waals surface area contributed by atoms with Gasteiger partial charge in [-0.25, -0.2) is 4.98 Å². The number of aromatic nitrogens is 5. The van der Waals surface area contributed by atoms with Crippen LogP contribution in [0.2, 0.25) is 0 Å². The smallest absolute Gasteiger partial charge is 0.0884 e. The fourth-order valence-corrected chi connectivity index (χ4v) is 11.8. The summed E-state index contributed by atoms with van der Waals surface area (Å²) in [7, 11) is 0. The number of fused-ring (bicyclic) bond motifs is 10. The average molecular weight is 986 g/mol. The molecule has 14 aromatic rings. The Morgan fingerprint density at radius 2 is 0.948 bits per heavy atom. The van der Waals surface area contributed by atoms with E-state index in [9.17, 15) is 0 Å². The van der Waals surface area contributed by atoms with Crippen LogP contribution in [0.3, 0.4) is 0 Å². The third-order valence-electron chi connectivity index (χ3n) is 15.1. The quantitative estimate of drug-likeness (QED) is 0.119. The summed E-state index contributed by atoms with van der Waals surface area (Å²) in [6.45, 7) is 6.37. The van der Waals surface area contributed by atoms with E-state index in [1.807, 2.05) is 13.0 Å². The second-order valence-corrected chi connectivity index (χ2v) is 19.5. The number of rotatable bonds is 11. The van der Waals surface area contributed by atoms with Crippen molar-refractivity contribution >= 4 is 93.8 Å². The monoisotopic (exact) mass is 985 g/mol. The van der Waals surface area contributed by atoms with Crippen LogP contribution in [0.4, 0.5) is 0 Å². The average Bonchev–Trinajstić information content (AvgIpc) is 4.34. The third-order valence-corrected chi connectivity index (χ3v) is 15.1. The fraction of sp³-hybridized carbons (Fsp3) is 0.0139. The second-order valence-electron chi connectivity index (χ2n) is 19.5. The van der Waals surface area contributed by atoms with Gasteiger partial charge in [-0.1, -0.05) is 189 Å². The highest BCUT2D eigenvalue weighted by Crippen LogP contribution is 2.42. The molecule has 5 heteroatoms. The van der Waals surface area contributed by atoms with E-state index >= 15 is 0 Å². The van der Waals surface area contributed by atoms with Crippen molar-refractivity contribution in [2.75, 3.05) is 0 Å². The number of nitrogens with zero attached hydrogens (tertiary/aromatic N) is 5. The molecule has 0 aliphatic heterocycles. The van der Waals surface area contributed by atoms with E-state index in [4.69, 9.17) is 4.98 Å². The summed E-state index contributed by atoms with van der Waals surface area (Å²) in [5.41, 5.74) is 17.5. The van der Waals surface area contributed by atoms with E-state index in [1.165, 1.54) is 32.3 Å². The summed E-state index contributed by atoms with van der Waals surface area (Å²) in [4.78, 5) is 6.01. The Kier molecular flexibility index (Phi) is 11.2. The van der Waals surface area contributed by atoms with Gasteiger partial charge < -0.3 is 18.3 Å². The first-order valence-electron chi connectivity index (χ1n) is 26.3. The molecule has 0 saturated carbocycles. The normalized spacial score (nSPS) is 12.6. The number of para-hydroxylation sites is 7. The summed E-state index contributed by atoms with van der Waals surface area (Å²) in [6, 6.07) is 85.5. The Morgan fingerprint density at radius 1 is 0.442 bits per heavy atom. The van der Waals surface area contributed by atoms with Crippen molar-refractivity contribution in [3.05, 3.63) is 291 Å². The SMILES string of the molecule is C=C/C=C(\C=C(\c1cc(-c2ccccc2)cc(-c2cc(-n3c4ccccc4c4ccccc43)ccc2-n2c3ccccc3c3ccccc32)n1)n1c(/C=C\C=C/C)cc2ccccc21)n1c2ccccc2c2ccccc21. The topological polar surface area (TPSA) is 32.6 Å². The molecule has 0 atom stereocenters. The summed E-state index contributed by atoms with van der Waals surface area (Å²) in [6.07, 6.45) is 14.8. The largest absolute Gasteiger partial charge is 0.309 e. The molecule has 0 aliphatic carbocycles. The van der Waals surface area contributed by atoms with Gasteiger partial charge in [0.05, 0.1) is 61.4 Å². The van der Waals surface area contributed by atoms with Crippen molar-refractivity contribution in [3.8, 4) is 33.8 Å². The number of allylic oxidation sites excluding steroid dienone is 7. The Balaban J connectivity index is 1.12. The summed E-state index contributed by atoms with van der Waals surface area (Å²) in [5.74, 6) is 0. The van der Waals surface area contributed by atoms with Gasteiger partial charge in [0, 0.05) is 60.3 Å². The molecule has 14 rings (SSSR count). The van der Waals surface area contributed by atoms with Crippen molar-refractivity contribution in [2.45, 2.75) is 6.92 Å². The van der Waals surface area contributed by atoms with Gasteiger partial charge in [-0.3, -0.25) is 0 Å². The molecule has 77 heavy (non-hydrogen) atoms. The predicted octanol–water partition coefficient (Wildman–Crippen LogP) is 18.9. The lowest BCUT2D eigenvalue weighted by Gasteiger charge is -2.20. The number of hydrogen-bond donors (Lipinski definition) is 0. The number of pyridine rings is 1. The van der Waals surface area contributed by atoms with Gasteiger partial charge in [0.25, 0.3) is 0 Å². The van der Waals surface area contributed by atoms with E-state index in [-0.39, 0.29) is 0 Å². The predicted molar refractivity (Wildman–Crippen MR) is 327 cm³/mol. The molecule has 0 saturated heterocycles. The van der Waals surface area contributed by atoms with Crippen LogP contribution < -0.4 is 0 Å². The van der Waals surface area contributed by atoms with Crippen LogP contribution in [0.25, 0.3) is 128 Å². The molecule has 5 aromatic heterocycles. The summed E-state index contributed by atoms with van der Waals surface area (Å²) >= 11 is 0. The Hall–Kier alpha value is -10.2. The van der Waals surface area contributed by atoms with E-state index < -0.39 is 0 Å². The third kappa shape index (κ3) is 7.59. The zero-order chi connectivity index (χ0) is 51.4. The molecular weight excluding hydrogens is 935 g/mol. The molecule has 0 unspecified atom stereocenters. The van der Waals surface area contributed by atoms with Crippen LogP contribution >= 0.6 is 0 Å². The van der Waals surface area contributed by atoms with Gasteiger partial charge in [0.2, 0.25) is 0 Å². The maximum Gasteiger partial charge on any atom is 0.0884 e. The van der Waals surface area contributed by atoms with Crippen molar-refractivity contribution in [1.29, 1.82) is 0 Å². The highest BCUT2D eigenvalue weighted by Gasteiger charge is 2.23. The van der Waals surface area contributed by atoms with Crippen LogP contribution in [0.1, 0.15) is 18.3 Å². The highest BCUT2D eigenvalue weighted by atomic mass is 15.0. The Labute approximate surface area is 446 Å². The van der Waals surface area contributed by atoms with E-state index in [2.05, 4.69) is 298 Å². The molecule has 0 spiro atoms. The van der Waals surface area contributed by atoms with Gasteiger partial charge in [0.15, 0.2) is 0 Å². The molecule has 0 bridgehead atoms. The van der Waals surface area contributed by atoms with Crippen LogP contribution in [0.15, 0.2) is 280 Å². The van der Waals surface area contributed by atoms with Crippen LogP contribution in [0.5, 0.6) is 0 Å². The maximum absolute atomic E-state index is 6.01. The van der Waals surface area contributed by atoms with Crippen LogP contribution in [0, 0.1) is 0 Å². The minimum atomic E-state index is 0.801. The molecular formula is C72H51N5. The van der Waals surface area contributed by atoms with Crippen molar-refractivity contribution < 1.29 is 0 Å². The fourth-order valence-electron chi connectivity index (χ4n) is 11.8. The molecule has 0 radical (unpaired) electrons. The molecule has 0 amide bonds. The van der Waals surface area contributed by atoms with Crippen molar-refractivity contribution in [3.63, 3.8) is 0 Å². The first-order chi connectivity index (χ1) is 38.1. The van der Waals surface area contributed by atoms with E-state index in [1.54, 1.807) is 0 Å². The first kappa shape index (κ1) is 45.4. The standard InChI is InChI=1S/C72H51N5/c1-3-5-7-28-53-44-50-27-10-17-35-64(50)74(53)72(48-52(24-4-2)75-65-36-18-11-29-55(65)56-30-12-19-37-66(56)75)63-46-51(49-25-8-6-9-26-49)45-62(73-63)61-47-54(76-67-38-20-13-31-57(67)58-32-14-21-39-68(58)76)42-43-71(61)77-69-40-22-15-33-59(69)60-34-16-23-41-70(60)77/h3-48H,2H2,1H3/b5-3-,28-7-,52-24+,72-48-. The summed E-state index contributed by atoms with van der Waals surface area (Å²) in [5, 5.41) is 8.30. The van der Waals surface area contributed by atoms with Crippen molar-refractivity contribution in [2.24, 2.45) is 0 Å². The van der Waals surface area contributed by atoms with Gasteiger partial charge >= 0.3 is 0 Å². The zero-order valence-corrected chi connectivity index (χ0v) is 42.5. The van der Waals surface area contributed by atoms with Gasteiger partial charge in [-0.05, 0) is 115 Å². The molecule has 364 valence electrons. The minimum absolute atomic E-state index is 0.801. The van der Waals surface area contributed by atoms with E-state index in [0.29, 0.717) is 0 Å². The Morgan fingerprint density at radius 3 is 1.52 bits per heavy atom. The minimum Gasteiger partial charge on any atom is -0.309 e. The molecule has 0 fully saturated rings. The second kappa shape index (κ2) is 18.9. The van der Waals surface area contributed by atoms with Gasteiger partial charge in [-0.2, -0.15) is 0 Å². The van der Waals surface area contributed by atoms with Crippen LogP contribution in [-0.2, 0) is 0 Å². The van der Waals surface area contributed by atoms with Crippen molar-refractivity contribution in [1.82, 2.24) is 23.3 Å². The lowest BCUT2D eigenvalue weighted by molar-refractivity contribution is 1.10. The number of benzene rings is 9. The molecule has 0 N–H and O–H groups in total. The first-order valence-corrected chi connectivity index (χ1v) is 26.3. The van der Waals surface area contributed by atoms with Crippen LogP contribution in [-0.4, -0.2) is 23.3 Å². The number of hydrogen-bond acceptors (Lipinski definition) is 1. The van der Waals surface area contributed by atoms with E-state index in [0.717, 1.165) is 101 Å². The zero-order valence-electron chi connectivity index (χ0n) is 42.5.